The summed E-state index contributed by atoms with van der Waals surface area (Å²) in [5.74, 6) is -0.577. The van der Waals surface area contributed by atoms with Crippen molar-refractivity contribution in [3.05, 3.63) is 64.2 Å². The van der Waals surface area contributed by atoms with Crippen LogP contribution in [0.5, 0.6) is 11.5 Å². The smallest absolute Gasteiger partial charge is 0.349 e. The highest BCUT2D eigenvalue weighted by atomic mass is 16.6. The molecule has 3 rings (SSSR count). The summed E-state index contributed by atoms with van der Waals surface area (Å²) < 4.78 is 21.0. The first-order valence-corrected chi connectivity index (χ1v) is 8.98. The highest BCUT2D eigenvalue weighted by Gasteiger charge is 2.18. The van der Waals surface area contributed by atoms with Gasteiger partial charge < -0.3 is 18.9 Å². The van der Waals surface area contributed by atoms with Gasteiger partial charge in [0.15, 0.2) is 6.61 Å². The van der Waals surface area contributed by atoms with Gasteiger partial charge in [-0.1, -0.05) is 0 Å². The van der Waals surface area contributed by atoms with Crippen molar-refractivity contribution in [3.8, 4) is 11.5 Å². The Morgan fingerprint density at radius 2 is 1.76 bits per heavy atom. The Morgan fingerprint density at radius 3 is 2.38 bits per heavy atom. The van der Waals surface area contributed by atoms with Crippen LogP contribution in [0.15, 0.2) is 48.5 Å². The predicted molar refractivity (Wildman–Crippen MR) is 99.9 cm³/mol. The van der Waals surface area contributed by atoms with Gasteiger partial charge in [-0.3, -0.25) is 10.1 Å². The van der Waals surface area contributed by atoms with Crippen LogP contribution in [0.1, 0.15) is 23.2 Å². The summed E-state index contributed by atoms with van der Waals surface area (Å²) in [5, 5.41) is 10.6. The Labute approximate surface area is 166 Å². The summed E-state index contributed by atoms with van der Waals surface area (Å²) in [6.45, 7) is 0.536. The van der Waals surface area contributed by atoms with Crippen LogP contribution in [0, 0.1) is 10.1 Å². The molecule has 2 aromatic rings. The second-order valence-corrected chi connectivity index (χ2v) is 6.27. The number of hydrogen-bond donors (Lipinski definition) is 0. The summed E-state index contributed by atoms with van der Waals surface area (Å²) in [6, 6.07) is 11.3. The topological polar surface area (TPSA) is 114 Å². The SMILES string of the molecule is O=C(COc1ccc([N+](=O)[O-])cc1)Oc1ccc(C(=O)OCC2CCCO2)cc1. The van der Waals surface area contributed by atoms with Crippen molar-refractivity contribution in [2.45, 2.75) is 18.9 Å². The zero-order valence-electron chi connectivity index (χ0n) is 15.4. The quantitative estimate of drug-likeness (QED) is 0.287. The lowest BCUT2D eigenvalue weighted by Gasteiger charge is -2.10. The number of hydrogen-bond acceptors (Lipinski definition) is 8. The maximum Gasteiger partial charge on any atom is 0.349 e. The molecule has 1 aliphatic heterocycles. The van der Waals surface area contributed by atoms with E-state index < -0.39 is 16.9 Å². The maximum atomic E-state index is 12.0. The highest BCUT2D eigenvalue weighted by Crippen LogP contribution is 2.18. The molecule has 0 bridgehead atoms. The zero-order chi connectivity index (χ0) is 20.6. The van der Waals surface area contributed by atoms with Crippen LogP contribution in [0.2, 0.25) is 0 Å². The second-order valence-electron chi connectivity index (χ2n) is 6.27. The first-order valence-electron chi connectivity index (χ1n) is 8.98. The van der Waals surface area contributed by atoms with Gasteiger partial charge in [0.1, 0.15) is 18.1 Å². The largest absolute Gasteiger partial charge is 0.482 e. The van der Waals surface area contributed by atoms with E-state index in [1.165, 1.54) is 48.5 Å². The number of benzene rings is 2. The van der Waals surface area contributed by atoms with E-state index >= 15 is 0 Å². The minimum atomic E-state index is -0.655. The molecule has 0 spiro atoms. The number of carbonyl (C=O) groups excluding carboxylic acids is 2. The zero-order valence-corrected chi connectivity index (χ0v) is 15.4. The summed E-state index contributed by atoms with van der Waals surface area (Å²) in [5.41, 5.74) is 0.263. The number of carbonyl (C=O) groups is 2. The Balaban J connectivity index is 1.44. The molecule has 1 atom stereocenters. The third kappa shape index (κ3) is 6.01. The molecule has 0 saturated carbocycles. The number of nitrogens with zero attached hydrogens (tertiary/aromatic N) is 1. The van der Waals surface area contributed by atoms with Crippen LogP contribution in [0.4, 0.5) is 5.69 Å². The van der Waals surface area contributed by atoms with E-state index in [9.17, 15) is 19.7 Å². The van der Waals surface area contributed by atoms with Gasteiger partial charge in [0.25, 0.3) is 5.69 Å². The van der Waals surface area contributed by atoms with E-state index in [0.29, 0.717) is 17.9 Å². The lowest BCUT2D eigenvalue weighted by atomic mass is 10.2. The predicted octanol–water partition coefficient (Wildman–Crippen LogP) is 2.92. The Bertz CT molecular complexity index is 857. The number of ether oxygens (including phenoxy) is 4. The van der Waals surface area contributed by atoms with E-state index in [0.717, 1.165) is 12.8 Å². The molecule has 1 fully saturated rings. The summed E-state index contributed by atoms with van der Waals surface area (Å²) >= 11 is 0. The van der Waals surface area contributed by atoms with Gasteiger partial charge in [0.05, 0.1) is 16.6 Å². The van der Waals surface area contributed by atoms with Gasteiger partial charge >= 0.3 is 11.9 Å². The first-order chi connectivity index (χ1) is 14.0. The van der Waals surface area contributed by atoms with Crippen molar-refractivity contribution in [3.63, 3.8) is 0 Å². The lowest BCUT2D eigenvalue weighted by Crippen LogP contribution is -2.18. The lowest BCUT2D eigenvalue weighted by molar-refractivity contribution is -0.384. The molecule has 0 N–H and O–H groups in total. The van der Waals surface area contributed by atoms with Crippen molar-refractivity contribution < 1.29 is 33.5 Å². The molecular weight excluding hydrogens is 382 g/mol. The van der Waals surface area contributed by atoms with Crippen molar-refractivity contribution in [1.29, 1.82) is 0 Å². The van der Waals surface area contributed by atoms with Crippen LogP contribution in [0.3, 0.4) is 0 Å². The minimum Gasteiger partial charge on any atom is -0.482 e. The normalized spacial score (nSPS) is 15.5. The van der Waals surface area contributed by atoms with Crippen molar-refractivity contribution in [2.24, 2.45) is 0 Å². The maximum absolute atomic E-state index is 12.0. The monoisotopic (exact) mass is 401 g/mol. The van der Waals surface area contributed by atoms with E-state index in [1.807, 2.05) is 0 Å². The molecule has 152 valence electrons. The molecule has 9 heteroatoms. The van der Waals surface area contributed by atoms with Gasteiger partial charge in [-0.15, -0.1) is 0 Å². The average Bonchev–Trinajstić information content (AvgIpc) is 3.25. The molecule has 0 radical (unpaired) electrons. The Hall–Kier alpha value is -3.46. The molecule has 0 amide bonds. The van der Waals surface area contributed by atoms with Gasteiger partial charge in [0.2, 0.25) is 0 Å². The molecule has 2 aromatic carbocycles. The fraction of sp³-hybridized carbons (Fsp3) is 0.300. The summed E-state index contributed by atoms with van der Waals surface area (Å²) in [7, 11) is 0. The average molecular weight is 401 g/mol. The third-order valence-corrected chi connectivity index (χ3v) is 4.15. The Kier molecular flexibility index (Phi) is 6.75. The number of nitro benzene ring substituents is 1. The second kappa shape index (κ2) is 9.65. The van der Waals surface area contributed by atoms with Gasteiger partial charge in [-0.25, -0.2) is 9.59 Å². The molecule has 0 aliphatic carbocycles. The third-order valence-electron chi connectivity index (χ3n) is 4.15. The molecular formula is C20H19NO8. The molecule has 0 aromatic heterocycles. The van der Waals surface area contributed by atoms with Crippen LogP contribution in [0.25, 0.3) is 0 Å². The summed E-state index contributed by atoms with van der Waals surface area (Å²) in [6.07, 6.45) is 1.80. The Morgan fingerprint density at radius 1 is 1.07 bits per heavy atom. The van der Waals surface area contributed by atoms with E-state index in [2.05, 4.69) is 0 Å². The first kappa shape index (κ1) is 20.3. The minimum absolute atomic E-state index is 0.0464. The number of non-ortho nitro benzene ring substituents is 1. The van der Waals surface area contributed by atoms with Crippen LogP contribution >= 0.6 is 0 Å². The molecule has 1 unspecified atom stereocenters. The fourth-order valence-electron chi connectivity index (χ4n) is 2.65. The van der Waals surface area contributed by atoms with E-state index in [1.54, 1.807) is 0 Å². The number of nitro groups is 1. The summed E-state index contributed by atoms with van der Waals surface area (Å²) in [4.78, 5) is 34.0. The van der Waals surface area contributed by atoms with E-state index in [-0.39, 0.29) is 30.8 Å². The van der Waals surface area contributed by atoms with Gasteiger partial charge in [-0.05, 0) is 49.2 Å². The van der Waals surface area contributed by atoms with Gasteiger partial charge in [-0.2, -0.15) is 0 Å². The van der Waals surface area contributed by atoms with Crippen LogP contribution in [-0.2, 0) is 14.3 Å². The van der Waals surface area contributed by atoms with Crippen molar-refractivity contribution in [1.82, 2.24) is 0 Å². The molecule has 9 nitrogen and oxygen atoms in total. The number of esters is 2. The molecule has 29 heavy (non-hydrogen) atoms. The standard InChI is InChI=1S/C20H19NO8/c22-19(13-27-16-9-5-15(6-10-16)21(24)25)29-17-7-3-14(4-8-17)20(23)28-12-18-2-1-11-26-18/h3-10,18H,1-2,11-13H2. The van der Waals surface area contributed by atoms with E-state index in [4.69, 9.17) is 18.9 Å². The highest BCUT2D eigenvalue weighted by molar-refractivity contribution is 5.89. The van der Waals surface area contributed by atoms with Crippen LogP contribution < -0.4 is 9.47 Å². The molecule has 1 saturated heterocycles. The molecule has 1 heterocycles. The fourth-order valence-corrected chi connectivity index (χ4v) is 2.65. The number of rotatable bonds is 8. The van der Waals surface area contributed by atoms with Crippen molar-refractivity contribution in [2.75, 3.05) is 19.8 Å². The van der Waals surface area contributed by atoms with Gasteiger partial charge in [0, 0.05) is 18.7 Å². The molecule has 1 aliphatic rings. The van der Waals surface area contributed by atoms with Crippen molar-refractivity contribution >= 4 is 17.6 Å². The van der Waals surface area contributed by atoms with Crippen LogP contribution in [-0.4, -0.2) is 42.8 Å².